The second kappa shape index (κ2) is 16.9. The normalized spacial score (nSPS) is 18.2. The molecule has 0 saturated carbocycles. The van der Waals surface area contributed by atoms with Crippen LogP contribution < -0.4 is 31.1 Å². The molecule has 0 amide bonds. The average Bonchev–Trinajstić information content (AvgIpc) is 2.53. The zero-order valence-electron chi connectivity index (χ0n) is 49.6. The number of para-hydroxylation sites is 2. The van der Waals surface area contributed by atoms with Crippen molar-refractivity contribution in [1.29, 1.82) is 0 Å². The van der Waals surface area contributed by atoms with Crippen molar-refractivity contribution >= 4 is 74.3 Å². The molecule has 8 aromatic carbocycles. The SMILES string of the molecule is Cc1cc2c3c(c1)N(c1ccc4c(c1C(C)(C)C)C(C)(C)c1ccccc1-4)c1cc(N(c4ccccc4C)c4ccccc4C)ccc1B3c1cc3c(cc1N2c1ccc2c(c1)C(C)(C)CCC2(C)C)C(C)(C)CCC3(C)C. The van der Waals surface area contributed by atoms with Crippen molar-refractivity contribution < 1.29 is 0 Å². The molecular weight excluding hydrogens is 942 g/mol. The number of fused-ring (bicyclic) bond motifs is 9. The second-order valence-corrected chi connectivity index (χ2v) is 28.5. The van der Waals surface area contributed by atoms with Crippen molar-refractivity contribution in [2.24, 2.45) is 0 Å². The highest BCUT2D eigenvalue weighted by Gasteiger charge is 2.49. The molecule has 394 valence electrons. The van der Waals surface area contributed by atoms with Crippen LogP contribution >= 0.6 is 0 Å². The Morgan fingerprint density at radius 2 is 0.974 bits per heavy atom. The van der Waals surface area contributed by atoms with E-state index in [-0.39, 0.29) is 39.2 Å². The van der Waals surface area contributed by atoms with E-state index < -0.39 is 0 Å². The van der Waals surface area contributed by atoms with Gasteiger partial charge in [-0.05, 0) is 217 Å². The van der Waals surface area contributed by atoms with Gasteiger partial charge in [0.05, 0.1) is 5.69 Å². The van der Waals surface area contributed by atoms with Crippen LogP contribution in [0.4, 0.5) is 51.2 Å². The first-order valence-electron chi connectivity index (χ1n) is 29.2. The highest BCUT2D eigenvalue weighted by Crippen LogP contribution is 2.58. The lowest BCUT2D eigenvalue weighted by Gasteiger charge is -2.48. The molecule has 0 unspecified atom stereocenters. The second-order valence-electron chi connectivity index (χ2n) is 28.5. The molecule has 5 aliphatic rings. The van der Waals surface area contributed by atoms with E-state index in [0.29, 0.717) is 0 Å². The number of benzene rings is 8. The van der Waals surface area contributed by atoms with Gasteiger partial charge in [-0.2, -0.15) is 0 Å². The summed E-state index contributed by atoms with van der Waals surface area (Å²) in [7, 11) is 0. The Kier molecular flexibility index (Phi) is 11.0. The van der Waals surface area contributed by atoms with Gasteiger partial charge in [0.1, 0.15) is 0 Å². The molecule has 0 bridgehead atoms. The Labute approximate surface area is 467 Å². The van der Waals surface area contributed by atoms with Crippen LogP contribution in [0.3, 0.4) is 0 Å². The molecule has 13 rings (SSSR count). The maximum absolute atomic E-state index is 2.74. The molecule has 2 aliphatic heterocycles. The Bertz CT molecular complexity index is 3790. The van der Waals surface area contributed by atoms with Gasteiger partial charge in [0.15, 0.2) is 0 Å². The smallest absolute Gasteiger partial charge is 0.252 e. The van der Waals surface area contributed by atoms with E-state index in [1.807, 2.05) is 0 Å². The zero-order chi connectivity index (χ0) is 55.0. The third kappa shape index (κ3) is 7.36. The van der Waals surface area contributed by atoms with Gasteiger partial charge in [-0.25, -0.2) is 0 Å². The van der Waals surface area contributed by atoms with Crippen molar-refractivity contribution in [2.45, 2.75) is 169 Å². The van der Waals surface area contributed by atoms with Crippen molar-refractivity contribution in [3.05, 3.63) is 201 Å². The quantitative estimate of drug-likeness (QED) is 0.159. The van der Waals surface area contributed by atoms with Crippen LogP contribution in [0, 0.1) is 20.8 Å². The van der Waals surface area contributed by atoms with Crippen LogP contribution in [0.5, 0.6) is 0 Å². The van der Waals surface area contributed by atoms with Crippen LogP contribution in [0.1, 0.15) is 171 Å². The summed E-state index contributed by atoms with van der Waals surface area (Å²) in [4.78, 5) is 7.97. The molecule has 0 spiro atoms. The van der Waals surface area contributed by atoms with E-state index in [1.165, 1.54) is 141 Å². The maximum atomic E-state index is 2.74. The lowest BCUT2D eigenvalue weighted by atomic mass is 9.33. The Balaban J connectivity index is 1.16. The van der Waals surface area contributed by atoms with E-state index in [1.54, 1.807) is 0 Å². The summed E-state index contributed by atoms with van der Waals surface area (Å²) in [5.41, 5.74) is 31.8. The first-order chi connectivity index (χ1) is 36.8. The average molecular weight is 1020 g/mol. The van der Waals surface area contributed by atoms with Crippen LogP contribution in [0.15, 0.2) is 146 Å². The van der Waals surface area contributed by atoms with Gasteiger partial charge in [0, 0.05) is 50.9 Å². The van der Waals surface area contributed by atoms with Gasteiger partial charge >= 0.3 is 0 Å². The fourth-order valence-corrected chi connectivity index (χ4v) is 15.4. The van der Waals surface area contributed by atoms with E-state index in [2.05, 4.69) is 271 Å². The number of aryl methyl sites for hydroxylation is 3. The first-order valence-corrected chi connectivity index (χ1v) is 29.2. The Morgan fingerprint density at radius 3 is 1.59 bits per heavy atom. The molecule has 0 N–H and O–H groups in total. The minimum Gasteiger partial charge on any atom is -0.311 e. The monoisotopic (exact) mass is 1020 g/mol. The third-order valence-electron chi connectivity index (χ3n) is 19.9. The van der Waals surface area contributed by atoms with Crippen LogP contribution in [0.2, 0.25) is 0 Å². The Morgan fingerprint density at radius 1 is 0.436 bits per heavy atom. The van der Waals surface area contributed by atoms with E-state index in [4.69, 9.17) is 0 Å². The highest BCUT2D eigenvalue weighted by atomic mass is 15.2. The van der Waals surface area contributed by atoms with E-state index in [0.717, 1.165) is 18.5 Å². The molecule has 0 atom stereocenters. The zero-order valence-corrected chi connectivity index (χ0v) is 49.6. The van der Waals surface area contributed by atoms with Gasteiger partial charge in [-0.15, -0.1) is 0 Å². The fourth-order valence-electron chi connectivity index (χ4n) is 15.4. The predicted molar refractivity (Wildman–Crippen MR) is 336 cm³/mol. The van der Waals surface area contributed by atoms with Crippen molar-refractivity contribution in [3.8, 4) is 11.1 Å². The summed E-state index contributed by atoms with van der Waals surface area (Å²) < 4.78 is 0. The minimum absolute atomic E-state index is 0.0217. The Hall–Kier alpha value is -6.78. The molecule has 2 heterocycles. The van der Waals surface area contributed by atoms with E-state index in [9.17, 15) is 0 Å². The first kappa shape index (κ1) is 50.7. The summed E-state index contributed by atoms with van der Waals surface area (Å²) in [6, 6.07) is 57.5. The van der Waals surface area contributed by atoms with Gasteiger partial charge in [0.2, 0.25) is 0 Å². The van der Waals surface area contributed by atoms with Crippen molar-refractivity contribution in [3.63, 3.8) is 0 Å². The van der Waals surface area contributed by atoms with E-state index >= 15 is 0 Å². The number of hydrogen-bond donors (Lipinski definition) is 0. The number of anilines is 9. The highest BCUT2D eigenvalue weighted by molar-refractivity contribution is 7.00. The fraction of sp³-hybridized carbons (Fsp3) is 0.351. The molecule has 78 heavy (non-hydrogen) atoms. The van der Waals surface area contributed by atoms with Crippen LogP contribution in [-0.2, 0) is 32.5 Å². The lowest BCUT2D eigenvalue weighted by Crippen LogP contribution is -2.62. The van der Waals surface area contributed by atoms with Gasteiger partial charge in [-0.1, -0.05) is 175 Å². The summed E-state index contributed by atoms with van der Waals surface area (Å²) in [5.74, 6) is 0. The van der Waals surface area contributed by atoms with Gasteiger partial charge in [0.25, 0.3) is 6.71 Å². The number of rotatable bonds is 5. The molecule has 8 aromatic rings. The molecule has 3 nitrogen and oxygen atoms in total. The van der Waals surface area contributed by atoms with Crippen molar-refractivity contribution in [2.75, 3.05) is 14.7 Å². The van der Waals surface area contributed by atoms with Gasteiger partial charge < -0.3 is 14.7 Å². The molecular formula is C74H80BN3. The summed E-state index contributed by atoms with van der Waals surface area (Å²) in [6.07, 6.45) is 4.68. The van der Waals surface area contributed by atoms with Crippen LogP contribution in [-0.4, -0.2) is 6.71 Å². The largest absolute Gasteiger partial charge is 0.311 e. The maximum Gasteiger partial charge on any atom is 0.252 e. The summed E-state index contributed by atoms with van der Waals surface area (Å²) >= 11 is 0. The standard InChI is InChI=1S/C74H80BN3/c1-45-39-64-68-65(40-45)78(61-34-31-51-50-25-19-20-26-52(50)74(15,16)66(51)67(61)69(4,5)6)62-42-49(76(59-27-21-17-23-46(59)2)60-28-22-18-24-47(60)3)30-33-57(62)75(68)58-43-55-56(73(13,14)38-37-72(55,11)12)44-63(58)77(64)48-29-32-53-54(41-48)71(9,10)36-35-70(53,7)8/h17-34,39-44H,35-38H2,1-16H3. The summed E-state index contributed by atoms with van der Waals surface area (Å²) in [5, 5.41) is 0. The third-order valence-corrected chi connectivity index (χ3v) is 19.9. The summed E-state index contributed by atoms with van der Waals surface area (Å²) in [6.45, 7) is 38.9. The molecule has 0 aromatic heterocycles. The molecule has 3 aliphatic carbocycles. The molecule has 0 saturated heterocycles. The molecule has 0 fully saturated rings. The molecule has 0 radical (unpaired) electrons. The predicted octanol–water partition coefficient (Wildman–Crippen LogP) is 18.5. The number of hydrogen-bond acceptors (Lipinski definition) is 3. The molecule has 4 heteroatoms. The minimum atomic E-state index is -0.216. The number of nitrogens with zero attached hydrogens (tertiary/aromatic N) is 3. The van der Waals surface area contributed by atoms with Gasteiger partial charge in [-0.3, -0.25) is 0 Å². The van der Waals surface area contributed by atoms with Crippen LogP contribution in [0.25, 0.3) is 11.1 Å². The lowest BCUT2D eigenvalue weighted by molar-refractivity contribution is 0.332. The topological polar surface area (TPSA) is 9.72 Å². The van der Waals surface area contributed by atoms with Crippen molar-refractivity contribution in [1.82, 2.24) is 0 Å².